The van der Waals surface area contributed by atoms with Crippen LogP contribution >= 0.6 is 0 Å². The highest BCUT2D eigenvalue weighted by molar-refractivity contribution is 5.83. The predicted octanol–water partition coefficient (Wildman–Crippen LogP) is 6.27. The number of ether oxygens (including phenoxy) is 1. The number of H-pyrrole nitrogens is 1. The smallest absolute Gasteiger partial charge is 0.222 e. The van der Waals surface area contributed by atoms with Gasteiger partial charge in [-0.15, -0.1) is 0 Å². The highest BCUT2D eigenvalue weighted by atomic mass is 16.5. The highest BCUT2D eigenvalue weighted by Gasteiger charge is 2.10. The van der Waals surface area contributed by atoms with E-state index in [1.165, 1.54) is 43.1 Å². The number of hydrogen-bond donors (Lipinski definition) is 1. The van der Waals surface area contributed by atoms with Crippen molar-refractivity contribution in [2.24, 2.45) is 0 Å². The fraction of sp³-hybridized carbons (Fsp3) is 0.577. The number of carbonyl (C=O) groups excluding carboxylic acids is 1. The van der Waals surface area contributed by atoms with Gasteiger partial charge in [-0.05, 0) is 37.3 Å². The Labute approximate surface area is 182 Å². The number of methoxy groups -OCH3 is 1. The summed E-state index contributed by atoms with van der Waals surface area (Å²) in [5.41, 5.74) is 2.42. The van der Waals surface area contributed by atoms with E-state index in [0.717, 1.165) is 37.7 Å². The fourth-order valence-electron chi connectivity index (χ4n) is 3.82. The monoisotopic (exact) mass is 412 g/mol. The molecular formula is C26H40N2O2. The molecule has 1 atom stereocenters. The molecule has 1 unspecified atom stereocenters. The Morgan fingerprint density at radius 3 is 2.77 bits per heavy atom. The first-order valence-corrected chi connectivity index (χ1v) is 11.6. The van der Waals surface area contributed by atoms with Gasteiger partial charge in [0, 0.05) is 44.2 Å². The van der Waals surface area contributed by atoms with Gasteiger partial charge in [-0.25, -0.2) is 0 Å². The molecule has 2 aromatic rings. The van der Waals surface area contributed by atoms with Crippen LogP contribution in [-0.4, -0.2) is 42.6 Å². The van der Waals surface area contributed by atoms with Crippen molar-refractivity contribution in [1.29, 1.82) is 0 Å². The van der Waals surface area contributed by atoms with E-state index in [0.29, 0.717) is 12.5 Å². The number of carbonyl (C=O) groups is 1. The van der Waals surface area contributed by atoms with Crippen LogP contribution in [0, 0.1) is 0 Å². The largest absolute Gasteiger partial charge is 0.381 e. The summed E-state index contributed by atoms with van der Waals surface area (Å²) in [6.07, 6.45) is 17.5. The molecule has 1 N–H and O–H groups in total. The van der Waals surface area contributed by atoms with Gasteiger partial charge in [0.2, 0.25) is 5.91 Å². The number of likely N-dealkylation sites (N-methyl/N-ethyl adjacent to an activating group) is 1. The van der Waals surface area contributed by atoms with Crippen molar-refractivity contribution < 1.29 is 9.53 Å². The summed E-state index contributed by atoms with van der Waals surface area (Å²) in [6.45, 7) is 2.99. The number of nitrogens with zero attached hydrogens (tertiary/aromatic N) is 1. The number of amides is 1. The van der Waals surface area contributed by atoms with Crippen LogP contribution in [0.3, 0.4) is 0 Å². The van der Waals surface area contributed by atoms with Gasteiger partial charge in [0.05, 0.1) is 6.10 Å². The number of fused-ring (bicyclic) bond motifs is 1. The highest BCUT2D eigenvalue weighted by Crippen LogP contribution is 2.18. The van der Waals surface area contributed by atoms with Gasteiger partial charge in [0.25, 0.3) is 0 Å². The molecule has 1 heterocycles. The molecule has 0 spiro atoms. The topological polar surface area (TPSA) is 45.3 Å². The summed E-state index contributed by atoms with van der Waals surface area (Å²) in [5.74, 6) is 0.207. The van der Waals surface area contributed by atoms with Crippen molar-refractivity contribution in [3.63, 3.8) is 0 Å². The maximum absolute atomic E-state index is 12.4. The van der Waals surface area contributed by atoms with E-state index in [1.54, 1.807) is 7.11 Å². The lowest BCUT2D eigenvalue weighted by Gasteiger charge is -2.16. The minimum absolute atomic E-state index is 0.207. The second kappa shape index (κ2) is 14.0. The van der Waals surface area contributed by atoms with Crippen molar-refractivity contribution >= 4 is 16.8 Å². The Kier molecular flexibility index (Phi) is 11.3. The van der Waals surface area contributed by atoms with Gasteiger partial charge < -0.3 is 14.6 Å². The van der Waals surface area contributed by atoms with Crippen LogP contribution in [0.1, 0.15) is 70.3 Å². The van der Waals surface area contributed by atoms with E-state index in [2.05, 4.69) is 48.5 Å². The first-order chi connectivity index (χ1) is 14.7. The average molecular weight is 413 g/mol. The maximum atomic E-state index is 12.4. The first-order valence-electron chi connectivity index (χ1n) is 11.6. The maximum Gasteiger partial charge on any atom is 0.222 e. The summed E-state index contributed by atoms with van der Waals surface area (Å²) in [7, 11) is 3.71. The molecule has 0 radical (unpaired) electrons. The molecule has 0 aliphatic heterocycles. The molecule has 4 heteroatoms. The number of benzene rings is 1. The molecule has 1 aromatic carbocycles. The summed E-state index contributed by atoms with van der Waals surface area (Å²) in [5, 5.41) is 1.25. The van der Waals surface area contributed by atoms with Gasteiger partial charge in [-0.1, -0.05) is 69.4 Å². The lowest BCUT2D eigenvalue weighted by atomic mass is 10.1. The van der Waals surface area contributed by atoms with Crippen molar-refractivity contribution in [1.82, 2.24) is 9.88 Å². The average Bonchev–Trinajstić information content (AvgIpc) is 3.18. The van der Waals surface area contributed by atoms with Crippen LogP contribution in [0.15, 0.2) is 42.6 Å². The van der Waals surface area contributed by atoms with E-state index in [4.69, 9.17) is 4.74 Å². The molecule has 0 bridgehead atoms. The molecule has 2 rings (SSSR count). The van der Waals surface area contributed by atoms with Gasteiger partial charge in [0.15, 0.2) is 0 Å². The number of aromatic amines is 1. The van der Waals surface area contributed by atoms with Gasteiger partial charge in [-0.3, -0.25) is 4.79 Å². The normalized spacial score (nSPS) is 12.6. The number of allylic oxidation sites excluding steroid dienone is 1. The minimum atomic E-state index is 0.207. The van der Waals surface area contributed by atoms with Crippen LogP contribution in [-0.2, 0) is 16.0 Å². The van der Waals surface area contributed by atoms with Gasteiger partial charge in [-0.2, -0.15) is 0 Å². The van der Waals surface area contributed by atoms with Crippen LogP contribution in [0.2, 0.25) is 0 Å². The number of aromatic nitrogens is 1. The molecule has 0 aliphatic rings. The molecule has 0 saturated heterocycles. The van der Waals surface area contributed by atoms with Crippen molar-refractivity contribution in [3.8, 4) is 0 Å². The lowest BCUT2D eigenvalue weighted by Crippen LogP contribution is -2.28. The minimum Gasteiger partial charge on any atom is -0.381 e. The zero-order valence-electron chi connectivity index (χ0n) is 19.2. The van der Waals surface area contributed by atoms with E-state index < -0.39 is 0 Å². The molecule has 0 fully saturated rings. The Morgan fingerprint density at radius 1 is 1.17 bits per heavy atom. The lowest BCUT2D eigenvalue weighted by molar-refractivity contribution is -0.129. The third-order valence-corrected chi connectivity index (χ3v) is 5.87. The third-order valence-electron chi connectivity index (χ3n) is 5.87. The van der Waals surface area contributed by atoms with E-state index >= 15 is 0 Å². The van der Waals surface area contributed by atoms with Crippen LogP contribution in [0.5, 0.6) is 0 Å². The molecule has 1 aromatic heterocycles. The van der Waals surface area contributed by atoms with Gasteiger partial charge in [0.1, 0.15) is 0 Å². The molecule has 1 amide bonds. The van der Waals surface area contributed by atoms with Crippen LogP contribution in [0.4, 0.5) is 0 Å². The standard InChI is InChI=1S/C26H40N2O2/c1-4-5-6-7-9-14-23(30-3)15-10-8-11-18-26(29)28(2)20-19-22-21-27-25-17-13-12-16-24(22)25/h8,10,12-13,16-17,21,23,27H,4-7,9,11,14-15,18-20H2,1-3H3/b10-8+. The van der Waals surface area contributed by atoms with Crippen molar-refractivity contribution in [2.75, 3.05) is 20.7 Å². The number of nitrogens with one attached hydrogen (secondary N) is 1. The predicted molar refractivity (Wildman–Crippen MR) is 127 cm³/mol. The summed E-state index contributed by atoms with van der Waals surface area (Å²) >= 11 is 0. The second-order valence-electron chi connectivity index (χ2n) is 8.23. The number of para-hydroxylation sites is 1. The summed E-state index contributed by atoms with van der Waals surface area (Å²) in [4.78, 5) is 17.6. The molecule has 0 saturated carbocycles. The van der Waals surface area contributed by atoms with E-state index in [1.807, 2.05) is 18.0 Å². The van der Waals surface area contributed by atoms with E-state index in [9.17, 15) is 4.79 Å². The number of unbranched alkanes of at least 4 members (excludes halogenated alkanes) is 4. The van der Waals surface area contributed by atoms with Crippen LogP contribution in [0.25, 0.3) is 10.9 Å². The molecular weight excluding hydrogens is 372 g/mol. The number of rotatable bonds is 15. The van der Waals surface area contributed by atoms with Crippen molar-refractivity contribution in [3.05, 3.63) is 48.2 Å². The first kappa shape index (κ1) is 24.2. The van der Waals surface area contributed by atoms with E-state index in [-0.39, 0.29) is 5.91 Å². The zero-order chi connectivity index (χ0) is 21.6. The second-order valence-corrected chi connectivity index (χ2v) is 8.23. The quantitative estimate of drug-likeness (QED) is 0.277. The molecule has 166 valence electrons. The molecule has 0 aliphatic carbocycles. The van der Waals surface area contributed by atoms with Crippen LogP contribution < -0.4 is 0 Å². The number of hydrogen-bond acceptors (Lipinski definition) is 2. The fourth-order valence-corrected chi connectivity index (χ4v) is 3.82. The summed E-state index contributed by atoms with van der Waals surface area (Å²) in [6, 6.07) is 8.31. The summed E-state index contributed by atoms with van der Waals surface area (Å²) < 4.78 is 5.59. The Balaban J connectivity index is 1.62. The Bertz CT molecular complexity index is 765. The zero-order valence-corrected chi connectivity index (χ0v) is 19.2. The molecule has 30 heavy (non-hydrogen) atoms. The SMILES string of the molecule is CCCCCCCC(C/C=C/CCC(=O)N(C)CCc1c[nH]c2ccccc12)OC. The molecule has 4 nitrogen and oxygen atoms in total. The van der Waals surface area contributed by atoms with Crippen molar-refractivity contribution in [2.45, 2.75) is 77.2 Å². The Morgan fingerprint density at radius 2 is 1.97 bits per heavy atom. The van der Waals surface area contributed by atoms with Gasteiger partial charge >= 0.3 is 0 Å². The Hall–Kier alpha value is -2.07. The third kappa shape index (κ3) is 8.35.